The van der Waals surface area contributed by atoms with E-state index < -0.39 is 0 Å². The molecule has 5 nitrogen and oxygen atoms in total. The predicted molar refractivity (Wildman–Crippen MR) is 307 cm³/mol. The van der Waals surface area contributed by atoms with E-state index in [1.54, 1.807) is 0 Å². The van der Waals surface area contributed by atoms with Crippen LogP contribution < -0.4 is 26.6 Å². The third kappa shape index (κ3) is 58.3. The van der Waals surface area contributed by atoms with Gasteiger partial charge in [0, 0.05) is 64.4 Å². The molecule has 0 unspecified atom stereocenters. The van der Waals surface area contributed by atoms with E-state index in [9.17, 15) is 0 Å². The minimum absolute atomic E-state index is 0.710. The minimum Gasteiger partial charge on any atom is -0.314 e. The zero-order valence-electron chi connectivity index (χ0n) is 47.3. The van der Waals surface area contributed by atoms with Crippen LogP contribution in [-0.2, 0) is 0 Å². The van der Waals surface area contributed by atoms with Crippen LogP contribution in [0.25, 0.3) is 0 Å². The van der Waals surface area contributed by atoms with Gasteiger partial charge in [0.25, 0.3) is 0 Å². The molecule has 0 aromatic carbocycles. The van der Waals surface area contributed by atoms with Crippen LogP contribution in [-0.4, -0.2) is 64.4 Å². The minimum atomic E-state index is 0.710. The second kappa shape index (κ2) is 61.9. The lowest BCUT2D eigenvalue weighted by atomic mass is 9.99. The first kappa shape index (κ1) is 66.8. The molecule has 0 amide bonds. The second-order valence-corrected chi connectivity index (χ2v) is 21.8. The summed E-state index contributed by atoms with van der Waals surface area (Å²) in [7, 11) is 0. The highest BCUT2D eigenvalue weighted by Gasteiger charge is 2.10. The van der Waals surface area contributed by atoms with E-state index in [0.717, 1.165) is 52.4 Å². The van der Waals surface area contributed by atoms with Gasteiger partial charge >= 0.3 is 0 Å². The van der Waals surface area contributed by atoms with Crippen molar-refractivity contribution in [1.29, 1.82) is 0 Å². The lowest BCUT2D eigenvalue weighted by Crippen LogP contribution is -2.39. The van der Waals surface area contributed by atoms with Crippen LogP contribution in [0.2, 0.25) is 0 Å². The Morgan fingerprint density at radius 1 is 0.179 bits per heavy atom. The second-order valence-electron chi connectivity index (χ2n) is 21.8. The summed E-state index contributed by atoms with van der Waals surface area (Å²) in [6.45, 7) is 17.9. The van der Waals surface area contributed by atoms with Crippen molar-refractivity contribution in [1.82, 2.24) is 26.6 Å². The molecule has 67 heavy (non-hydrogen) atoms. The molecule has 0 aliphatic carbocycles. The molecule has 0 radical (unpaired) electrons. The molecule has 0 saturated heterocycles. The van der Waals surface area contributed by atoms with Crippen molar-refractivity contribution in [3.8, 4) is 0 Å². The zero-order chi connectivity index (χ0) is 48.3. The van der Waals surface area contributed by atoms with Crippen LogP contribution in [0.3, 0.4) is 0 Å². The molecule has 0 saturated carbocycles. The zero-order valence-corrected chi connectivity index (χ0v) is 47.3. The summed E-state index contributed by atoms with van der Waals surface area (Å²) >= 11 is 0. The highest BCUT2D eigenvalue weighted by atomic mass is 15.0. The lowest BCUT2D eigenvalue weighted by Gasteiger charge is -2.19. The van der Waals surface area contributed by atoms with Gasteiger partial charge in [-0.15, -0.1) is 0 Å². The molecule has 0 bridgehead atoms. The molecule has 5 N–H and O–H groups in total. The molecule has 0 heterocycles. The van der Waals surface area contributed by atoms with Crippen LogP contribution in [0.5, 0.6) is 0 Å². The van der Waals surface area contributed by atoms with Crippen LogP contribution in [0.15, 0.2) is 0 Å². The maximum atomic E-state index is 3.99. The Morgan fingerprint density at radius 3 is 0.507 bits per heavy atom. The third-order valence-corrected chi connectivity index (χ3v) is 15.1. The van der Waals surface area contributed by atoms with Crippen molar-refractivity contribution in [2.24, 2.45) is 0 Å². The average molecular weight is 947 g/mol. The van der Waals surface area contributed by atoms with Gasteiger partial charge in [-0.1, -0.05) is 310 Å². The largest absolute Gasteiger partial charge is 0.314 e. The van der Waals surface area contributed by atoms with Crippen LogP contribution in [0.4, 0.5) is 0 Å². The first-order valence-electron chi connectivity index (χ1n) is 31.9. The molecule has 0 fully saturated rings. The molecule has 0 atom stereocenters. The lowest BCUT2D eigenvalue weighted by molar-refractivity contribution is 0.407. The normalized spacial score (nSPS) is 11.9. The van der Waals surface area contributed by atoms with E-state index in [2.05, 4.69) is 54.3 Å². The Balaban J connectivity index is 4.23. The van der Waals surface area contributed by atoms with Crippen molar-refractivity contribution >= 4 is 0 Å². The van der Waals surface area contributed by atoms with E-state index in [-0.39, 0.29) is 0 Å². The van der Waals surface area contributed by atoms with Crippen molar-refractivity contribution in [3.63, 3.8) is 0 Å². The van der Waals surface area contributed by atoms with Crippen molar-refractivity contribution in [2.75, 3.05) is 52.4 Å². The fourth-order valence-electron chi connectivity index (χ4n) is 10.4. The molecular formula is C62H131N5. The van der Waals surface area contributed by atoms with Crippen LogP contribution >= 0.6 is 0 Å². The maximum Gasteiger partial charge on any atom is 0.00793 e. The van der Waals surface area contributed by atoms with Gasteiger partial charge in [0.2, 0.25) is 0 Å². The predicted octanol–water partition coefficient (Wildman–Crippen LogP) is 18.5. The van der Waals surface area contributed by atoms with E-state index in [4.69, 9.17) is 0 Å². The third-order valence-electron chi connectivity index (χ3n) is 15.1. The van der Waals surface area contributed by atoms with Gasteiger partial charge in [-0.2, -0.15) is 0 Å². The van der Waals surface area contributed by atoms with Gasteiger partial charge in [-0.3, -0.25) is 0 Å². The molecule has 0 aromatic rings. The van der Waals surface area contributed by atoms with Gasteiger partial charge in [0.15, 0.2) is 0 Å². The van der Waals surface area contributed by atoms with Gasteiger partial charge in [0.05, 0.1) is 0 Å². The Morgan fingerprint density at radius 2 is 0.328 bits per heavy atom. The SMILES string of the molecule is CCCCCCCCCCCCCC(CCCCCCCCCCCCC)NCCNCCNCCNCCNC(CCCCCCCCCCCCC)CCCCCCCCCCCCC. The summed E-state index contributed by atoms with van der Waals surface area (Å²) in [6, 6.07) is 1.42. The summed E-state index contributed by atoms with van der Waals surface area (Å²) in [4.78, 5) is 0. The first-order valence-corrected chi connectivity index (χ1v) is 31.9. The Labute approximate surface area is 425 Å². The fourth-order valence-corrected chi connectivity index (χ4v) is 10.4. The van der Waals surface area contributed by atoms with Gasteiger partial charge < -0.3 is 26.6 Å². The number of nitrogens with one attached hydrogen (secondary N) is 5. The van der Waals surface area contributed by atoms with E-state index in [0.29, 0.717) is 12.1 Å². The van der Waals surface area contributed by atoms with E-state index in [1.165, 1.54) is 308 Å². The Hall–Kier alpha value is -0.200. The smallest absolute Gasteiger partial charge is 0.00793 e. The van der Waals surface area contributed by atoms with Gasteiger partial charge in [0.1, 0.15) is 0 Å². The van der Waals surface area contributed by atoms with Crippen molar-refractivity contribution in [2.45, 2.75) is 348 Å². The topological polar surface area (TPSA) is 60.1 Å². The highest BCUT2D eigenvalue weighted by Crippen LogP contribution is 2.19. The van der Waals surface area contributed by atoms with E-state index in [1.807, 2.05) is 0 Å². The molecule has 0 rings (SSSR count). The number of hydrogen-bond donors (Lipinski definition) is 5. The number of hydrogen-bond acceptors (Lipinski definition) is 5. The highest BCUT2D eigenvalue weighted by molar-refractivity contribution is 4.71. The number of unbranched alkanes of at least 4 members (excludes halogenated alkanes) is 40. The summed E-state index contributed by atoms with van der Waals surface area (Å²) in [5, 5.41) is 19.1. The molecule has 5 heteroatoms. The van der Waals surface area contributed by atoms with Crippen molar-refractivity contribution in [3.05, 3.63) is 0 Å². The Kier molecular flexibility index (Phi) is 61.7. The standard InChI is InChI=1S/C62H131N5/c1-5-9-13-17-21-25-29-33-37-41-45-49-61(50-46-42-38-34-30-26-22-18-14-10-6-2)66-59-57-64-55-53-63-54-56-65-58-60-67-62(51-47-43-39-35-31-27-23-19-15-11-7-3)52-48-44-40-36-32-28-24-20-16-12-8-4/h61-67H,5-60H2,1-4H3. The van der Waals surface area contributed by atoms with Crippen LogP contribution in [0, 0.1) is 0 Å². The average Bonchev–Trinajstić information content (AvgIpc) is 3.34. The van der Waals surface area contributed by atoms with Gasteiger partial charge in [-0.05, 0) is 25.7 Å². The summed E-state index contributed by atoms with van der Waals surface area (Å²) in [6.07, 6.45) is 68.8. The fraction of sp³-hybridized carbons (Fsp3) is 1.00. The molecule has 0 aromatic heterocycles. The van der Waals surface area contributed by atoms with E-state index >= 15 is 0 Å². The van der Waals surface area contributed by atoms with Crippen molar-refractivity contribution < 1.29 is 0 Å². The van der Waals surface area contributed by atoms with Gasteiger partial charge in [-0.25, -0.2) is 0 Å². The molecule has 404 valence electrons. The summed E-state index contributed by atoms with van der Waals surface area (Å²) < 4.78 is 0. The summed E-state index contributed by atoms with van der Waals surface area (Å²) in [5.41, 5.74) is 0. The monoisotopic (exact) mass is 946 g/mol. The Bertz CT molecular complexity index is 721. The maximum absolute atomic E-state index is 3.99. The molecule has 0 spiro atoms. The quantitative estimate of drug-likeness (QED) is 0.0393. The molecule has 0 aliphatic rings. The molecule has 0 aliphatic heterocycles. The van der Waals surface area contributed by atoms with Crippen LogP contribution in [0.1, 0.15) is 336 Å². The molecular weight excluding hydrogens is 815 g/mol. The number of rotatable bonds is 62. The first-order chi connectivity index (χ1) is 33.3. The summed E-state index contributed by atoms with van der Waals surface area (Å²) in [5.74, 6) is 0.